The molecule has 26 heavy (non-hydrogen) atoms. The molecule has 2 N–H and O–H groups in total. The number of hydrogen-bond donors (Lipinski definition) is 1. The van der Waals surface area contributed by atoms with E-state index in [1.165, 1.54) is 0 Å². The highest BCUT2D eigenvalue weighted by Crippen LogP contribution is 2.27. The molecule has 5 heteroatoms. The van der Waals surface area contributed by atoms with Crippen LogP contribution in [0.2, 0.25) is 0 Å². The van der Waals surface area contributed by atoms with Crippen LogP contribution < -0.4 is 5.73 Å². The van der Waals surface area contributed by atoms with Gasteiger partial charge in [-0.25, -0.2) is 4.98 Å². The van der Waals surface area contributed by atoms with Crippen LogP contribution in [0, 0.1) is 11.3 Å². The van der Waals surface area contributed by atoms with Crippen molar-refractivity contribution in [2.75, 3.05) is 0 Å². The van der Waals surface area contributed by atoms with Crippen LogP contribution in [0.3, 0.4) is 0 Å². The van der Waals surface area contributed by atoms with E-state index in [9.17, 15) is 5.26 Å². The quantitative estimate of drug-likeness (QED) is 0.612. The van der Waals surface area contributed by atoms with E-state index in [1.807, 2.05) is 60.3 Å². The number of nitrogens with two attached hydrogens (primary N) is 1. The molecular formula is C21H17N5. The fourth-order valence-electron chi connectivity index (χ4n) is 3.06. The molecule has 2 aromatic heterocycles. The van der Waals surface area contributed by atoms with Crippen LogP contribution in [0.15, 0.2) is 67.3 Å². The van der Waals surface area contributed by atoms with E-state index in [0.29, 0.717) is 5.56 Å². The molecular weight excluding hydrogens is 322 g/mol. The number of benzene rings is 2. The Morgan fingerprint density at radius 1 is 1.15 bits per heavy atom. The molecule has 126 valence electrons. The Bertz CT molecular complexity index is 1130. The van der Waals surface area contributed by atoms with Gasteiger partial charge in [0.05, 0.1) is 22.7 Å². The lowest BCUT2D eigenvalue weighted by atomic mass is 10.0. The fourth-order valence-corrected chi connectivity index (χ4v) is 3.06. The van der Waals surface area contributed by atoms with Gasteiger partial charge in [-0.15, -0.1) is 0 Å². The van der Waals surface area contributed by atoms with Gasteiger partial charge < -0.3 is 5.73 Å². The summed E-state index contributed by atoms with van der Waals surface area (Å²) in [6.45, 7) is 1.96. The normalized spacial score (nSPS) is 12.0. The minimum atomic E-state index is -0.0251. The number of nitriles is 1. The zero-order valence-corrected chi connectivity index (χ0v) is 14.3. The van der Waals surface area contributed by atoms with Gasteiger partial charge in [-0.1, -0.05) is 18.2 Å². The molecule has 0 fully saturated rings. The Labute approximate surface area is 151 Å². The molecule has 4 rings (SSSR count). The van der Waals surface area contributed by atoms with Crippen molar-refractivity contribution >= 4 is 11.0 Å². The molecule has 4 aromatic rings. The Balaban J connectivity index is 1.83. The molecule has 2 heterocycles. The average Bonchev–Trinajstić information content (AvgIpc) is 3.11. The third-order valence-corrected chi connectivity index (χ3v) is 4.47. The highest BCUT2D eigenvalue weighted by Gasteiger charge is 2.10. The highest BCUT2D eigenvalue weighted by molar-refractivity contribution is 5.79. The third-order valence-electron chi connectivity index (χ3n) is 4.47. The summed E-state index contributed by atoms with van der Waals surface area (Å²) in [5, 5.41) is 9.34. The second kappa shape index (κ2) is 6.43. The lowest BCUT2D eigenvalue weighted by molar-refractivity contribution is 0.819. The topological polar surface area (TPSA) is 80.5 Å². The highest BCUT2D eigenvalue weighted by atomic mass is 15.0. The molecule has 0 unspecified atom stereocenters. The van der Waals surface area contributed by atoms with Crippen LogP contribution in [-0.4, -0.2) is 14.5 Å². The van der Waals surface area contributed by atoms with Crippen LogP contribution in [0.1, 0.15) is 24.1 Å². The van der Waals surface area contributed by atoms with Crippen LogP contribution >= 0.6 is 0 Å². The molecule has 1 atom stereocenters. The first-order chi connectivity index (χ1) is 12.7. The molecule has 0 aliphatic heterocycles. The SMILES string of the molecule is C[C@@H](N)c1ccc2c(c1)ncn2-c1cccc(-c2cnccc2C#N)c1. The minimum Gasteiger partial charge on any atom is -0.324 e. The summed E-state index contributed by atoms with van der Waals surface area (Å²) in [6, 6.07) is 18.0. The molecule has 0 bridgehead atoms. The van der Waals surface area contributed by atoms with E-state index in [1.54, 1.807) is 18.5 Å². The Kier molecular flexibility index (Phi) is 3.96. The maximum Gasteiger partial charge on any atom is 0.100 e. The van der Waals surface area contributed by atoms with Crippen molar-refractivity contribution in [1.82, 2.24) is 14.5 Å². The molecule has 0 aliphatic carbocycles. The van der Waals surface area contributed by atoms with E-state index in [4.69, 9.17) is 5.73 Å². The number of hydrogen-bond acceptors (Lipinski definition) is 4. The standard InChI is InChI=1S/C21H17N5/c1-14(23)15-5-6-21-20(10-15)25-13-26(21)18-4-2-3-16(9-18)19-12-24-8-7-17(19)11-22/h2-10,12-14H,23H2,1H3/t14-/m1/s1. The van der Waals surface area contributed by atoms with Gasteiger partial charge in [-0.05, 0) is 48.4 Å². The van der Waals surface area contributed by atoms with Gasteiger partial charge in [0.2, 0.25) is 0 Å². The molecule has 2 aromatic carbocycles. The van der Waals surface area contributed by atoms with Crippen molar-refractivity contribution in [2.45, 2.75) is 13.0 Å². The van der Waals surface area contributed by atoms with Crippen LogP contribution in [0.5, 0.6) is 0 Å². The van der Waals surface area contributed by atoms with E-state index >= 15 is 0 Å². The summed E-state index contributed by atoms with van der Waals surface area (Å²) in [5.74, 6) is 0. The number of pyridine rings is 1. The number of nitrogens with zero attached hydrogens (tertiary/aromatic N) is 4. The van der Waals surface area contributed by atoms with E-state index < -0.39 is 0 Å². The average molecular weight is 339 g/mol. The summed E-state index contributed by atoms with van der Waals surface area (Å²) in [4.78, 5) is 8.67. The molecule has 5 nitrogen and oxygen atoms in total. The number of rotatable bonds is 3. The van der Waals surface area contributed by atoms with Gasteiger partial charge in [0, 0.05) is 29.7 Å². The predicted molar refractivity (Wildman–Crippen MR) is 102 cm³/mol. The van der Waals surface area contributed by atoms with Crippen molar-refractivity contribution in [1.29, 1.82) is 5.26 Å². The second-order valence-electron chi connectivity index (χ2n) is 6.23. The Morgan fingerprint density at radius 2 is 2.04 bits per heavy atom. The first-order valence-electron chi connectivity index (χ1n) is 8.35. The van der Waals surface area contributed by atoms with Gasteiger partial charge in [0.1, 0.15) is 6.33 Å². The van der Waals surface area contributed by atoms with Crippen LogP contribution in [-0.2, 0) is 0 Å². The molecule has 0 saturated heterocycles. The van der Waals surface area contributed by atoms with Gasteiger partial charge >= 0.3 is 0 Å². The van der Waals surface area contributed by atoms with E-state index in [0.717, 1.165) is 33.4 Å². The van der Waals surface area contributed by atoms with Gasteiger partial charge in [0.15, 0.2) is 0 Å². The Morgan fingerprint density at radius 3 is 2.85 bits per heavy atom. The molecule has 0 radical (unpaired) electrons. The summed E-state index contributed by atoms with van der Waals surface area (Å²) in [5.41, 5.74) is 12.3. The first-order valence-corrected chi connectivity index (χ1v) is 8.35. The lowest BCUT2D eigenvalue weighted by Crippen LogP contribution is -2.04. The monoisotopic (exact) mass is 339 g/mol. The van der Waals surface area contributed by atoms with Crippen molar-refractivity contribution in [2.24, 2.45) is 5.73 Å². The Hall–Kier alpha value is -3.49. The number of fused-ring (bicyclic) bond motifs is 1. The molecule has 0 spiro atoms. The summed E-state index contributed by atoms with van der Waals surface area (Å²) in [6.07, 6.45) is 5.16. The van der Waals surface area contributed by atoms with Crippen LogP contribution in [0.4, 0.5) is 0 Å². The predicted octanol–water partition coefficient (Wildman–Crippen LogP) is 3.98. The van der Waals surface area contributed by atoms with E-state index in [2.05, 4.69) is 16.0 Å². The lowest BCUT2D eigenvalue weighted by Gasteiger charge is -2.09. The largest absolute Gasteiger partial charge is 0.324 e. The zero-order valence-electron chi connectivity index (χ0n) is 14.3. The molecule has 0 aliphatic rings. The number of aromatic nitrogens is 3. The first kappa shape index (κ1) is 16.0. The van der Waals surface area contributed by atoms with Gasteiger partial charge in [-0.3, -0.25) is 9.55 Å². The van der Waals surface area contributed by atoms with Crippen LogP contribution in [0.25, 0.3) is 27.8 Å². The van der Waals surface area contributed by atoms with Crippen molar-refractivity contribution in [3.8, 4) is 22.9 Å². The van der Waals surface area contributed by atoms with Gasteiger partial charge in [-0.2, -0.15) is 5.26 Å². The van der Waals surface area contributed by atoms with Gasteiger partial charge in [0.25, 0.3) is 0 Å². The minimum absolute atomic E-state index is 0.0251. The number of imidazole rings is 1. The van der Waals surface area contributed by atoms with Crippen molar-refractivity contribution < 1.29 is 0 Å². The maximum absolute atomic E-state index is 9.34. The maximum atomic E-state index is 9.34. The third kappa shape index (κ3) is 2.73. The zero-order chi connectivity index (χ0) is 18.1. The smallest absolute Gasteiger partial charge is 0.100 e. The fraction of sp³-hybridized carbons (Fsp3) is 0.0952. The van der Waals surface area contributed by atoms with E-state index in [-0.39, 0.29) is 6.04 Å². The molecule has 0 amide bonds. The summed E-state index contributed by atoms with van der Waals surface area (Å²) < 4.78 is 2.03. The van der Waals surface area contributed by atoms with Crippen molar-refractivity contribution in [3.05, 3.63) is 78.4 Å². The second-order valence-corrected chi connectivity index (χ2v) is 6.23. The molecule has 0 saturated carbocycles. The summed E-state index contributed by atoms with van der Waals surface area (Å²) >= 11 is 0. The summed E-state index contributed by atoms with van der Waals surface area (Å²) in [7, 11) is 0. The van der Waals surface area contributed by atoms with Crippen molar-refractivity contribution in [3.63, 3.8) is 0 Å².